The zero-order valence-corrected chi connectivity index (χ0v) is 25.9. The van der Waals surface area contributed by atoms with Crippen LogP contribution in [0.5, 0.6) is 11.5 Å². The van der Waals surface area contributed by atoms with Crippen LogP contribution in [-0.2, 0) is 9.47 Å². The molecule has 0 amide bonds. The van der Waals surface area contributed by atoms with Gasteiger partial charge in [0.15, 0.2) is 0 Å². The highest BCUT2D eigenvalue weighted by molar-refractivity contribution is 5.79. The maximum absolute atomic E-state index is 12.6. The summed E-state index contributed by atoms with van der Waals surface area (Å²) < 4.78 is 58.4. The number of hydrogen-bond donors (Lipinski definition) is 0. The molecule has 0 radical (unpaired) electrons. The van der Waals surface area contributed by atoms with Crippen molar-refractivity contribution in [3.63, 3.8) is 0 Å². The van der Waals surface area contributed by atoms with Crippen molar-refractivity contribution in [2.45, 2.75) is 63.8 Å². The summed E-state index contributed by atoms with van der Waals surface area (Å²) in [7, 11) is 0. The Kier molecular flexibility index (Phi) is 9.20. The standard InChI is InChI=1S/C38H39F3O4/c1-24(27-6-12-31(13-7-27)43-19-5-4-18-42-22-33-23-44-33)29-10-16-34-35-17-11-30(21-37(35)26(3)36(34)20-29)25(2)28-8-14-32(15-9-28)45-38(39,40)41/h6-17,20-21,24-26,33H,4-5,18-19,22-23H2,1-3H3. The minimum atomic E-state index is -4.70. The zero-order valence-electron chi connectivity index (χ0n) is 25.9. The SMILES string of the molecule is CC(c1ccc(OCCCCOCC2CO2)cc1)c1ccc2c(c1)C(C)c1cc(C(C)c3ccc(OC(F)(F)F)cc3)ccc1-2. The Bertz CT molecular complexity index is 1590. The summed E-state index contributed by atoms with van der Waals surface area (Å²) in [6.45, 7) is 9.50. The number of hydrogen-bond acceptors (Lipinski definition) is 4. The Labute approximate surface area is 263 Å². The van der Waals surface area contributed by atoms with Crippen LogP contribution in [0.1, 0.15) is 84.7 Å². The highest BCUT2D eigenvalue weighted by Crippen LogP contribution is 2.47. The van der Waals surface area contributed by atoms with E-state index in [2.05, 4.69) is 86.2 Å². The average Bonchev–Trinajstić information content (AvgIpc) is 3.83. The molecule has 1 heterocycles. The van der Waals surface area contributed by atoms with E-state index in [1.807, 2.05) is 0 Å². The number of rotatable bonds is 13. The fourth-order valence-corrected chi connectivity index (χ4v) is 6.15. The molecule has 0 saturated carbocycles. The largest absolute Gasteiger partial charge is 0.573 e. The summed E-state index contributed by atoms with van der Waals surface area (Å²) >= 11 is 0. The highest BCUT2D eigenvalue weighted by atomic mass is 19.4. The molecule has 4 atom stereocenters. The Hall–Kier alpha value is -3.81. The van der Waals surface area contributed by atoms with Crippen molar-refractivity contribution in [3.8, 4) is 22.6 Å². The van der Waals surface area contributed by atoms with E-state index in [0.29, 0.717) is 19.3 Å². The van der Waals surface area contributed by atoms with Gasteiger partial charge in [-0.25, -0.2) is 0 Å². The lowest BCUT2D eigenvalue weighted by Gasteiger charge is -2.17. The Morgan fingerprint density at radius 1 is 0.711 bits per heavy atom. The predicted octanol–water partition coefficient (Wildman–Crippen LogP) is 9.60. The number of unbranched alkanes of at least 4 members (excludes halogenated alkanes) is 1. The Morgan fingerprint density at radius 2 is 1.20 bits per heavy atom. The summed E-state index contributed by atoms with van der Waals surface area (Å²) in [4.78, 5) is 0. The molecule has 2 aliphatic rings. The zero-order chi connectivity index (χ0) is 31.6. The van der Waals surface area contributed by atoms with E-state index in [-0.39, 0.29) is 23.5 Å². The van der Waals surface area contributed by atoms with Gasteiger partial charge in [-0.2, -0.15) is 0 Å². The fraction of sp³-hybridized carbons (Fsp3) is 0.368. The molecule has 1 aliphatic carbocycles. The van der Waals surface area contributed by atoms with E-state index >= 15 is 0 Å². The van der Waals surface area contributed by atoms with Crippen molar-refractivity contribution in [2.75, 3.05) is 26.4 Å². The molecule has 1 fully saturated rings. The third-order valence-corrected chi connectivity index (χ3v) is 9.03. The van der Waals surface area contributed by atoms with Crippen molar-refractivity contribution in [1.29, 1.82) is 0 Å². The van der Waals surface area contributed by atoms with Gasteiger partial charge in [-0.05, 0) is 81.6 Å². The van der Waals surface area contributed by atoms with Gasteiger partial charge in [0.05, 0.1) is 19.8 Å². The van der Waals surface area contributed by atoms with Gasteiger partial charge in [0.2, 0.25) is 0 Å². The number of alkyl halides is 3. The van der Waals surface area contributed by atoms with E-state index in [1.54, 1.807) is 12.1 Å². The van der Waals surface area contributed by atoms with Gasteiger partial charge < -0.3 is 18.9 Å². The molecule has 4 unspecified atom stereocenters. The minimum Gasteiger partial charge on any atom is -0.494 e. The van der Waals surface area contributed by atoms with Crippen LogP contribution in [0.25, 0.3) is 11.1 Å². The molecule has 0 bridgehead atoms. The van der Waals surface area contributed by atoms with Gasteiger partial charge in [0.25, 0.3) is 0 Å². The first kappa shape index (κ1) is 31.2. The van der Waals surface area contributed by atoms with E-state index in [0.717, 1.165) is 42.9 Å². The summed E-state index contributed by atoms with van der Waals surface area (Å²) in [5.74, 6) is 1.16. The number of fused-ring (bicyclic) bond motifs is 3. The molecule has 6 rings (SSSR count). The summed E-state index contributed by atoms with van der Waals surface area (Å²) in [5, 5.41) is 0. The molecule has 236 valence electrons. The number of benzene rings is 4. The van der Waals surface area contributed by atoms with Crippen LogP contribution in [-0.4, -0.2) is 38.9 Å². The first-order chi connectivity index (χ1) is 21.7. The van der Waals surface area contributed by atoms with Crippen LogP contribution in [0.3, 0.4) is 0 Å². The van der Waals surface area contributed by atoms with Crippen LogP contribution in [0.15, 0.2) is 84.9 Å². The van der Waals surface area contributed by atoms with Crippen LogP contribution in [0.2, 0.25) is 0 Å². The van der Waals surface area contributed by atoms with Gasteiger partial charge in [-0.3, -0.25) is 0 Å². The minimum absolute atomic E-state index is 0.0233. The lowest BCUT2D eigenvalue weighted by molar-refractivity contribution is -0.274. The van der Waals surface area contributed by atoms with Gasteiger partial charge in [0.1, 0.15) is 17.6 Å². The first-order valence-corrected chi connectivity index (χ1v) is 15.7. The molecule has 1 aliphatic heterocycles. The molecular weight excluding hydrogens is 577 g/mol. The van der Waals surface area contributed by atoms with Crippen LogP contribution >= 0.6 is 0 Å². The van der Waals surface area contributed by atoms with Crippen LogP contribution < -0.4 is 9.47 Å². The molecule has 7 heteroatoms. The fourth-order valence-electron chi connectivity index (χ4n) is 6.15. The molecule has 0 N–H and O–H groups in total. The van der Waals surface area contributed by atoms with Crippen molar-refractivity contribution in [3.05, 3.63) is 118 Å². The second kappa shape index (κ2) is 13.3. The van der Waals surface area contributed by atoms with Gasteiger partial charge >= 0.3 is 6.36 Å². The number of epoxide rings is 1. The molecule has 0 aromatic heterocycles. The summed E-state index contributed by atoms with van der Waals surface area (Å²) in [6, 6.07) is 27.9. The lowest BCUT2D eigenvalue weighted by atomic mass is 9.88. The van der Waals surface area contributed by atoms with E-state index < -0.39 is 6.36 Å². The van der Waals surface area contributed by atoms with Crippen molar-refractivity contribution < 1.29 is 32.1 Å². The van der Waals surface area contributed by atoms with E-state index in [9.17, 15) is 13.2 Å². The molecule has 4 aromatic rings. The third kappa shape index (κ3) is 7.54. The van der Waals surface area contributed by atoms with Gasteiger partial charge in [-0.1, -0.05) is 81.4 Å². The normalized spacial score (nSPS) is 18.2. The lowest BCUT2D eigenvalue weighted by Crippen LogP contribution is -2.17. The molecular formula is C38H39F3O4. The smallest absolute Gasteiger partial charge is 0.494 e. The molecule has 4 nitrogen and oxygen atoms in total. The number of halogens is 3. The molecule has 4 aromatic carbocycles. The third-order valence-electron chi connectivity index (χ3n) is 9.03. The van der Waals surface area contributed by atoms with Crippen molar-refractivity contribution >= 4 is 0 Å². The van der Waals surface area contributed by atoms with Crippen molar-refractivity contribution in [2.24, 2.45) is 0 Å². The van der Waals surface area contributed by atoms with Crippen molar-refractivity contribution in [1.82, 2.24) is 0 Å². The second-order valence-electron chi connectivity index (χ2n) is 12.1. The van der Waals surface area contributed by atoms with Gasteiger partial charge in [-0.15, -0.1) is 13.2 Å². The number of ether oxygens (including phenoxy) is 4. The summed E-state index contributed by atoms with van der Waals surface area (Å²) in [5.41, 5.74) is 9.68. The maximum atomic E-state index is 12.6. The summed E-state index contributed by atoms with van der Waals surface area (Å²) in [6.07, 6.45) is -2.46. The van der Waals surface area contributed by atoms with E-state index in [4.69, 9.17) is 14.2 Å². The predicted molar refractivity (Wildman–Crippen MR) is 169 cm³/mol. The molecule has 45 heavy (non-hydrogen) atoms. The average molecular weight is 617 g/mol. The second-order valence-corrected chi connectivity index (χ2v) is 12.1. The van der Waals surface area contributed by atoms with Crippen LogP contribution in [0.4, 0.5) is 13.2 Å². The first-order valence-electron chi connectivity index (χ1n) is 15.7. The monoisotopic (exact) mass is 616 g/mol. The Morgan fingerprint density at radius 3 is 1.71 bits per heavy atom. The highest BCUT2D eigenvalue weighted by Gasteiger charge is 2.31. The Balaban J connectivity index is 1.08. The van der Waals surface area contributed by atoms with E-state index in [1.165, 1.54) is 45.5 Å². The molecule has 0 spiro atoms. The molecule has 1 saturated heterocycles. The quantitative estimate of drug-likeness (QED) is 0.111. The van der Waals surface area contributed by atoms with Gasteiger partial charge in [0, 0.05) is 24.4 Å². The maximum Gasteiger partial charge on any atom is 0.573 e. The topological polar surface area (TPSA) is 40.2 Å². The van der Waals surface area contributed by atoms with Crippen LogP contribution in [0, 0.1) is 0 Å².